The number of nitrogens with one attached hydrogen (secondary N) is 1. The highest BCUT2D eigenvalue weighted by Crippen LogP contribution is 2.40. The Hall–Kier alpha value is -2.85. The highest BCUT2D eigenvalue weighted by molar-refractivity contribution is 6.12. The average Bonchev–Trinajstić information content (AvgIpc) is 3.19. The predicted octanol–water partition coefficient (Wildman–Crippen LogP) is 5.69. The average molecular weight is 400 g/mol. The van der Waals surface area contributed by atoms with E-state index in [0.29, 0.717) is 12.5 Å². The van der Waals surface area contributed by atoms with Crippen molar-refractivity contribution in [3.8, 4) is 5.75 Å². The second-order valence-corrected chi connectivity index (χ2v) is 8.46. The Balaban J connectivity index is 1.41. The van der Waals surface area contributed by atoms with Gasteiger partial charge in [-0.25, -0.2) is 10.4 Å². The zero-order valence-corrected chi connectivity index (χ0v) is 17.6. The minimum Gasteiger partial charge on any atom is -0.489 e. The number of hydrogen-bond acceptors (Lipinski definition) is 4. The van der Waals surface area contributed by atoms with Crippen molar-refractivity contribution < 1.29 is 4.74 Å². The summed E-state index contributed by atoms with van der Waals surface area (Å²) < 4.78 is 5.98. The van der Waals surface area contributed by atoms with Crippen LogP contribution in [0, 0.1) is 5.92 Å². The van der Waals surface area contributed by atoms with Crippen molar-refractivity contribution in [2.45, 2.75) is 45.6 Å². The van der Waals surface area contributed by atoms with E-state index in [0.717, 1.165) is 18.1 Å². The maximum atomic E-state index is 5.98. The molecule has 0 spiro atoms. The first-order valence-electron chi connectivity index (χ1n) is 11.1. The molecule has 5 rings (SSSR count). The topological polar surface area (TPSA) is 36.9 Å². The van der Waals surface area contributed by atoms with E-state index in [4.69, 9.17) is 9.73 Å². The van der Waals surface area contributed by atoms with Crippen LogP contribution in [0.5, 0.6) is 5.75 Å². The highest BCUT2D eigenvalue weighted by Gasteiger charge is 2.33. The second kappa shape index (κ2) is 8.49. The van der Waals surface area contributed by atoms with Crippen molar-refractivity contribution in [3.63, 3.8) is 0 Å². The molecular weight excluding hydrogens is 370 g/mol. The number of aliphatic imine (C=N–C) groups is 1. The van der Waals surface area contributed by atoms with E-state index in [1.165, 1.54) is 60.1 Å². The normalized spacial score (nSPS) is 19.4. The Morgan fingerprint density at radius 3 is 2.53 bits per heavy atom. The number of allylic oxidation sites excluding steroid dienone is 2. The van der Waals surface area contributed by atoms with Gasteiger partial charge in [-0.3, -0.25) is 5.01 Å². The molecular formula is C26H29N3O. The second-order valence-electron chi connectivity index (χ2n) is 8.46. The lowest BCUT2D eigenvalue weighted by molar-refractivity contribution is 0.271. The summed E-state index contributed by atoms with van der Waals surface area (Å²) >= 11 is 0. The third-order valence-corrected chi connectivity index (χ3v) is 6.33. The molecule has 2 heterocycles. The summed E-state index contributed by atoms with van der Waals surface area (Å²) in [5, 5.41) is 2.26. The quantitative estimate of drug-likeness (QED) is 0.701. The predicted molar refractivity (Wildman–Crippen MR) is 122 cm³/mol. The summed E-state index contributed by atoms with van der Waals surface area (Å²) in [6.45, 7) is 3.63. The monoisotopic (exact) mass is 399 g/mol. The SMILES string of the molecule is CC1=C2N=CC(c3ccc(OCc4ccccc4)cc3)=C(C3CCCCC3)N2NC1. The van der Waals surface area contributed by atoms with Gasteiger partial charge in [-0.2, -0.15) is 0 Å². The molecule has 0 bridgehead atoms. The summed E-state index contributed by atoms with van der Waals surface area (Å²) in [6.07, 6.45) is 8.58. The zero-order valence-electron chi connectivity index (χ0n) is 17.6. The summed E-state index contributed by atoms with van der Waals surface area (Å²) in [7, 11) is 0. The molecule has 3 aliphatic rings. The smallest absolute Gasteiger partial charge is 0.147 e. The van der Waals surface area contributed by atoms with E-state index in [1.807, 2.05) is 18.2 Å². The van der Waals surface area contributed by atoms with Crippen molar-refractivity contribution >= 4 is 11.8 Å². The molecule has 2 aromatic rings. The lowest BCUT2D eigenvalue weighted by Crippen LogP contribution is -2.37. The molecule has 154 valence electrons. The van der Waals surface area contributed by atoms with Gasteiger partial charge in [0, 0.05) is 29.9 Å². The van der Waals surface area contributed by atoms with Gasteiger partial charge in [0.15, 0.2) is 0 Å². The van der Waals surface area contributed by atoms with Crippen LogP contribution in [0.3, 0.4) is 0 Å². The fraction of sp³-hybridized carbons (Fsp3) is 0.346. The number of nitrogens with zero attached hydrogens (tertiary/aromatic N) is 2. The van der Waals surface area contributed by atoms with Crippen LogP contribution in [0.15, 0.2) is 76.7 Å². The fourth-order valence-corrected chi connectivity index (χ4v) is 4.69. The number of hydrogen-bond donors (Lipinski definition) is 1. The van der Waals surface area contributed by atoms with Gasteiger partial charge in [0.05, 0.1) is 0 Å². The van der Waals surface area contributed by atoms with E-state index in [-0.39, 0.29) is 0 Å². The Bertz CT molecular complexity index is 983. The molecule has 2 aromatic carbocycles. The molecule has 0 unspecified atom stereocenters. The van der Waals surface area contributed by atoms with E-state index >= 15 is 0 Å². The fourth-order valence-electron chi connectivity index (χ4n) is 4.69. The maximum Gasteiger partial charge on any atom is 0.147 e. The molecule has 0 radical (unpaired) electrons. The van der Waals surface area contributed by atoms with Crippen LogP contribution in [0.25, 0.3) is 5.57 Å². The van der Waals surface area contributed by atoms with Crippen molar-refractivity contribution in [2.24, 2.45) is 10.9 Å². The first-order valence-corrected chi connectivity index (χ1v) is 11.1. The van der Waals surface area contributed by atoms with Gasteiger partial charge in [-0.1, -0.05) is 61.7 Å². The van der Waals surface area contributed by atoms with E-state index in [9.17, 15) is 0 Å². The van der Waals surface area contributed by atoms with Gasteiger partial charge >= 0.3 is 0 Å². The number of rotatable bonds is 5. The largest absolute Gasteiger partial charge is 0.489 e. The highest BCUT2D eigenvalue weighted by atomic mass is 16.5. The lowest BCUT2D eigenvalue weighted by atomic mass is 9.83. The molecule has 4 nitrogen and oxygen atoms in total. The number of fused-ring (bicyclic) bond motifs is 1. The van der Waals surface area contributed by atoms with Gasteiger partial charge < -0.3 is 4.74 Å². The standard InChI is InChI=1S/C26H29N3O/c1-19-16-28-29-25(22-10-6-3-7-11-22)24(17-27-26(19)29)21-12-14-23(15-13-21)30-18-20-8-4-2-5-9-20/h2,4-5,8-9,12-15,17,22,28H,3,6-7,10-11,16,18H2,1H3. The van der Waals surface area contributed by atoms with Crippen LogP contribution in [0.4, 0.5) is 0 Å². The third-order valence-electron chi connectivity index (χ3n) is 6.33. The first kappa shape index (κ1) is 19.1. The molecule has 2 aliphatic heterocycles. The van der Waals surface area contributed by atoms with Crippen LogP contribution in [-0.4, -0.2) is 17.8 Å². The number of benzene rings is 2. The van der Waals surface area contributed by atoms with Crippen molar-refractivity contribution in [1.82, 2.24) is 10.4 Å². The van der Waals surface area contributed by atoms with Crippen LogP contribution in [0.1, 0.15) is 50.2 Å². The van der Waals surface area contributed by atoms with Crippen LogP contribution in [0.2, 0.25) is 0 Å². The molecule has 4 heteroatoms. The summed E-state index contributed by atoms with van der Waals surface area (Å²) in [5.74, 6) is 2.57. The van der Waals surface area contributed by atoms with Gasteiger partial charge in [0.25, 0.3) is 0 Å². The molecule has 1 saturated carbocycles. The Morgan fingerprint density at radius 1 is 1.00 bits per heavy atom. The Kier molecular flexibility index (Phi) is 5.41. The van der Waals surface area contributed by atoms with E-state index < -0.39 is 0 Å². The summed E-state index contributed by atoms with van der Waals surface area (Å²) in [6, 6.07) is 18.8. The van der Waals surface area contributed by atoms with Crippen molar-refractivity contribution in [1.29, 1.82) is 0 Å². The van der Waals surface area contributed by atoms with Gasteiger partial charge in [-0.05, 0) is 48.6 Å². The van der Waals surface area contributed by atoms with Crippen molar-refractivity contribution in [2.75, 3.05) is 6.54 Å². The number of hydrazine groups is 1. The molecule has 1 fully saturated rings. The molecule has 1 N–H and O–H groups in total. The Labute approximate surface area is 178 Å². The zero-order chi connectivity index (χ0) is 20.3. The third kappa shape index (κ3) is 3.80. The molecule has 1 aliphatic carbocycles. The first-order chi connectivity index (χ1) is 14.8. The molecule has 0 amide bonds. The molecule has 30 heavy (non-hydrogen) atoms. The van der Waals surface area contributed by atoms with Crippen molar-refractivity contribution in [3.05, 3.63) is 82.8 Å². The van der Waals surface area contributed by atoms with Crippen LogP contribution >= 0.6 is 0 Å². The molecule has 0 saturated heterocycles. The summed E-state index contributed by atoms with van der Waals surface area (Å²) in [5.41, 5.74) is 9.90. The lowest BCUT2D eigenvalue weighted by Gasteiger charge is -2.35. The van der Waals surface area contributed by atoms with Gasteiger partial charge in [0.1, 0.15) is 18.2 Å². The maximum absolute atomic E-state index is 5.98. The van der Waals surface area contributed by atoms with Crippen LogP contribution in [-0.2, 0) is 6.61 Å². The number of ether oxygens (including phenoxy) is 1. The van der Waals surface area contributed by atoms with Gasteiger partial charge in [-0.15, -0.1) is 0 Å². The summed E-state index contributed by atoms with van der Waals surface area (Å²) in [4.78, 5) is 4.80. The van der Waals surface area contributed by atoms with E-state index in [2.05, 4.69) is 60.0 Å². The molecule has 0 aromatic heterocycles. The van der Waals surface area contributed by atoms with E-state index in [1.54, 1.807) is 0 Å². The molecule has 0 atom stereocenters. The minimum atomic E-state index is 0.586. The minimum absolute atomic E-state index is 0.586. The van der Waals surface area contributed by atoms with Crippen LogP contribution < -0.4 is 10.2 Å². The Morgan fingerprint density at radius 2 is 1.77 bits per heavy atom. The van der Waals surface area contributed by atoms with Gasteiger partial charge in [0.2, 0.25) is 0 Å².